The Labute approximate surface area is 167 Å². The Kier molecular flexibility index (Phi) is 5.50. The highest BCUT2D eigenvalue weighted by atomic mass is 19.1. The number of amides is 1. The van der Waals surface area contributed by atoms with Crippen LogP contribution in [0.25, 0.3) is 10.9 Å². The molecule has 3 rings (SSSR count). The van der Waals surface area contributed by atoms with E-state index in [9.17, 15) is 32.7 Å². The fourth-order valence-electron chi connectivity index (χ4n) is 3.18. The maximum Gasteiger partial charge on any atom is 0.322 e. The molecule has 0 radical (unpaired) electrons. The molecule has 0 bridgehead atoms. The van der Waals surface area contributed by atoms with Gasteiger partial charge in [0.25, 0.3) is 5.91 Å². The second kappa shape index (κ2) is 7.90. The van der Waals surface area contributed by atoms with Gasteiger partial charge in [0.1, 0.15) is 12.4 Å². The van der Waals surface area contributed by atoms with Gasteiger partial charge in [0.2, 0.25) is 5.91 Å². The molecule has 7 nitrogen and oxygen atoms in total. The number of fused-ring (bicyclic) bond motifs is 1. The summed E-state index contributed by atoms with van der Waals surface area (Å²) >= 11 is 0. The van der Waals surface area contributed by atoms with E-state index in [2.05, 4.69) is 5.32 Å². The number of carbonyl (C=O) groups excluding carboxylic acids is 2. The van der Waals surface area contributed by atoms with Gasteiger partial charge in [-0.15, -0.1) is 0 Å². The molecule has 30 heavy (non-hydrogen) atoms. The summed E-state index contributed by atoms with van der Waals surface area (Å²) in [6.07, 6.45) is -0.541. The Balaban J connectivity index is 2.20. The average Bonchev–Trinajstić information content (AvgIpc) is 2.95. The molecule has 0 atom stereocenters. The number of nitrogens with zero attached hydrogens (tertiary/aromatic N) is 1. The summed E-state index contributed by atoms with van der Waals surface area (Å²) in [4.78, 5) is 35.7. The lowest BCUT2D eigenvalue weighted by molar-refractivity contribution is -0.137. The first-order valence-electron chi connectivity index (χ1n) is 8.61. The number of phenolic OH excluding ortho intramolecular Hbond substituents is 1. The van der Waals surface area contributed by atoms with E-state index in [4.69, 9.17) is 5.11 Å². The lowest BCUT2D eigenvalue weighted by Crippen LogP contribution is -2.30. The number of nitrogens with one attached hydrogen (secondary N) is 1. The second-order valence-corrected chi connectivity index (χ2v) is 6.48. The Morgan fingerprint density at radius 3 is 2.47 bits per heavy atom. The number of aliphatic carboxylic acids is 1. The molecular weight excluding hydrogens is 405 g/mol. The van der Waals surface area contributed by atoms with Gasteiger partial charge in [0.05, 0.1) is 11.9 Å². The minimum atomic E-state index is -1.38. The van der Waals surface area contributed by atoms with Gasteiger partial charge < -0.3 is 15.5 Å². The SMILES string of the molecule is Cc1c(CC(=O)NCC(=O)O)c2c(F)c(O)c(F)cc2n1C(=O)c1cccc(F)c1. The first-order valence-corrected chi connectivity index (χ1v) is 8.61. The summed E-state index contributed by atoms with van der Waals surface area (Å²) in [5, 5.41) is 20.1. The van der Waals surface area contributed by atoms with Gasteiger partial charge in [0.15, 0.2) is 17.4 Å². The predicted octanol–water partition coefficient (Wildman–Crippen LogP) is 2.50. The first-order chi connectivity index (χ1) is 14.1. The van der Waals surface area contributed by atoms with E-state index >= 15 is 0 Å². The number of hydrogen-bond donors (Lipinski definition) is 3. The van der Waals surface area contributed by atoms with Crippen LogP contribution < -0.4 is 5.32 Å². The number of carbonyl (C=O) groups is 3. The van der Waals surface area contributed by atoms with Crippen molar-refractivity contribution in [3.8, 4) is 5.75 Å². The maximum atomic E-state index is 14.7. The molecule has 0 saturated heterocycles. The zero-order valence-electron chi connectivity index (χ0n) is 15.5. The quantitative estimate of drug-likeness (QED) is 0.588. The van der Waals surface area contributed by atoms with Crippen LogP contribution in [0.4, 0.5) is 13.2 Å². The minimum absolute atomic E-state index is 0.0497. The van der Waals surface area contributed by atoms with Crippen LogP contribution in [0.3, 0.4) is 0 Å². The molecule has 156 valence electrons. The molecule has 0 aliphatic rings. The van der Waals surface area contributed by atoms with Crippen molar-refractivity contribution in [1.82, 2.24) is 9.88 Å². The number of rotatable bonds is 5. The van der Waals surface area contributed by atoms with Crippen LogP contribution in [0.2, 0.25) is 0 Å². The number of aromatic nitrogens is 1. The maximum absolute atomic E-state index is 14.7. The molecule has 0 saturated carbocycles. The largest absolute Gasteiger partial charge is 0.503 e. The van der Waals surface area contributed by atoms with Gasteiger partial charge in [-0.05, 0) is 30.7 Å². The van der Waals surface area contributed by atoms with Crippen molar-refractivity contribution in [2.24, 2.45) is 0 Å². The molecule has 2 aromatic carbocycles. The van der Waals surface area contributed by atoms with E-state index in [0.29, 0.717) is 0 Å². The highest BCUT2D eigenvalue weighted by Crippen LogP contribution is 2.35. The van der Waals surface area contributed by atoms with Crippen molar-refractivity contribution >= 4 is 28.7 Å². The highest BCUT2D eigenvalue weighted by molar-refractivity contribution is 6.05. The molecule has 0 fully saturated rings. The zero-order valence-corrected chi connectivity index (χ0v) is 15.5. The molecule has 1 aromatic heterocycles. The van der Waals surface area contributed by atoms with E-state index in [-0.39, 0.29) is 27.7 Å². The van der Waals surface area contributed by atoms with Crippen LogP contribution >= 0.6 is 0 Å². The lowest BCUT2D eigenvalue weighted by atomic mass is 10.1. The fourth-order valence-corrected chi connectivity index (χ4v) is 3.18. The predicted molar refractivity (Wildman–Crippen MR) is 98.7 cm³/mol. The Hall–Kier alpha value is -3.82. The van der Waals surface area contributed by atoms with Crippen LogP contribution in [-0.2, 0) is 16.0 Å². The third kappa shape index (κ3) is 3.71. The Bertz CT molecular complexity index is 1200. The highest BCUT2D eigenvalue weighted by Gasteiger charge is 2.27. The Morgan fingerprint density at radius 1 is 1.13 bits per heavy atom. The number of benzene rings is 2. The van der Waals surface area contributed by atoms with Gasteiger partial charge >= 0.3 is 5.97 Å². The van der Waals surface area contributed by atoms with Crippen LogP contribution in [0.15, 0.2) is 30.3 Å². The molecule has 0 unspecified atom stereocenters. The number of carboxylic acids is 1. The number of hydrogen-bond acceptors (Lipinski definition) is 4. The van der Waals surface area contributed by atoms with E-state index in [0.717, 1.165) is 22.8 Å². The lowest BCUT2D eigenvalue weighted by Gasteiger charge is -2.08. The Morgan fingerprint density at radius 2 is 1.83 bits per heavy atom. The topological polar surface area (TPSA) is 109 Å². The third-order valence-corrected chi connectivity index (χ3v) is 4.54. The smallest absolute Gasteiger partial charge is 0.322 e. The van der Waals surface area contributed by atoms with Crippen molar-refractivity contribution in [2.75, 3.05) is 6.54 Å². The second-order valence-electron chi connectivity index (χ2n) is 6.48. The zero-order chi connectivity index (χ0) is 22.2. The standard InChI is InChI=1S/C20H15F3N2O5/c1-9-12(6-15(26)24-8-16(27)28)17-14(7-13(22)19(29)18(17)23)25(9)20(30)10-3-2-4-11(21)5-10/h2-5,7,29H,6,8H2,1H3,(H,24,26)(H,27,28). The molecule has 0 spiro atoms. The molecule has 1 heterocycles. The van der Waals surface area contributed by atoms with Gasteiger partial charge in [0, 0.05) is 22.7 Å². The normalized spacial score (nSPS) is 10.9. The fraction of sp³-hybridized carbons (Fsp3) is 0.150. The summed E-state index contributed by atoms with van der Waals surface area (Å²) in [5.74, 6) is -7.58. The third-order valence-electron chi connectivity index (χ3n) is 4.54. The van der Waals surface area contributed by atoms with Gasteiger partial charge in [-0.25, -0.2) is 13.2 Å². The van der Waals surface area contributed by atoms with Crippen LogP contribution in [0.1, 0.15) is 21.6 Å². The van der Waals surface area contributed by atoms with Crippen LogP contribution in [-0.4, -0.2) is 39.1 Å². The van der Waals surface area contributed by atoms with Crippen LogP contribution in [0.5, 0.6) is 5.75 Å². The minimum Gasteiger partial charge on any atom is -0.503 e. The van der Waals surface area contributed by atoms with Crippen molar-refractivity contribution in [2.45, 2.75) is 13.3 Å². The van der Waals surface area contributed by atoms with Crippen LogP contribution in [0, 0.1) is 24.4 Å². The van der Waals surface area contributed by atoms with Crippen molar-refractivity contribution < 1.29 is 37.8 Å². The van der Waals surface area contributed by atoms with E-state index in [1.165, 1.54) is 19.1 Å². The summed E-state index contributed by atoms with van der Waals surface area (Å²) in [5.41, 5.74) is -0.375. The summed E-state index contributed by atoms with van der Waals surface area (Å²) in [6.45, 7) is 0.687. The number of phenols is 1. The molecule has 3 N–H and O–H groups in total. The van der Waals surface area contributed by atoms with Crippen molar-refractivity contribution in [1.29, 1.82) is 0 Å². The number of halogens is 3. The monoisotopic (exact) mass is 420 g/mol. The summed E-state index contributed by atoms with van der Waals surface area (Å²) in [6, 6.07) is 5.39. The van der Waals surface area contributed by atoms with Gasteiger partial charge in [-0.2, -0.15) is 0 Å². The van der Waals surface area contributed by atoms with Crippen molar-refractivity contribution in [3.05, 3.63) is 64.6 Å². The van der Waals surface area contributed by atoms with Gasteiger partial charge in [-0.3, -0.25) is 19.0 Å². The van der Waals surface area contributed by atoms with E-state index < -0.39 is 54.0 Å². The molecular formula is C20H15F3N2O5. The van der Waals surface area contributed by atoms with E-state index in [1.807, 2.05) is 0 Å². The molecule has 3 aromatic rings. The molecule has 0 aliphatic carbocycles. The number of aromatic hydroxyl groups is 1. The first kappa shape index (κ1) is 20.9. The summed E-state index contributed by atoms with van der Waals surface area (Å²) in [7, 11) is 0. The summed E-state index contributed by atoms with van der Waals surface area (Å²) < 4.78 is 43.2. The average molecular weight is 420 g/mol. The van der Waals surface area contributed by atoms with E-state index in [1.54, 1.807) is 0 Å². The number of carboxylic acid groups (broad SMARTS) is 1. The molecule has 1 amide bonds. The molecule has 0 aliphatic heterocycles. The molecule has 10 heteroatoms. The van der Waals surface area contributed by atoms with Crippen molar-refractivity contribution in [3.63, 3.8) is 0 Å². The van der Waals surface area contributed by atoms with Gasteiger partial charge in [-0.1, -0.05) is 6.07 Å².